The fourth-order valence-electron chi connectivity index (χ4n) is 2.38. The highest BCUT2D eigenvalue weighted by Crippen LogP contribution is 2.35. The molecule has 0 aromatic heterocycles. The van der Waals surface area contributed by atoms with Crippen LogP contribution in [0.2, 0.25) is 0 Å². The van der Waals surface area contributed by atoms with Gasteiger partial charge >= 0.3 is 0 Å². The van der Waals surface area contributed by atoms with Crippen molar-refractivity contribution in [2.24, 2.45) is 5.41 Å². The quantitative estimate of drug-likeness (QED) is 0.809. The van der Waals surface area contributed by atoms with Crippen molar-refractivity contribution in [3.63, 3.8) is 0 Å². The molecule has 1 rings (SSSR count). The minimum atomic E-state index is -3.03. The summed E-state index contributed by atoms with van der Waals surface area (Å²) >= 11 is 0. The summed E-state index contributed by atoms with van der Waals surface area (Å²) in [6.07, 6.45) is 4.99. The van der Waals surface area contributed by atoms with Gasteiger partial charge in [0.15, 0.2) is 0 Å². The van der Waals surface area contributed by atoms with Gasteiger partial charge in [-0.3, -0.25) is 0 Å². The van der Waals surface area contributed by atoms with Gasteiger partial charge in [0, 0.05) is 6.04 Å². The molecule has 1 aliphatic rings. The molecule has 0 aromatic rings. The maximum Gasteiger partial charge on any atom is 0.211 e. The molecule has 0 amide bonds. The summed E-state index contributed by atoms with van der Waals surface area (Å²) in [6, 6.07) is 0.158. The molecule has 90 valence electrons. The summed E-state index contributed by atoms with van der Waals surface area (Å²) in [7, 11) is -3.03. The van der Waals surface area contributed by atoms with E-state index in [0.29, 0.717) is 6.42 Å². The number of hydrogen-bond acceptors (Lipinski definition) is 2. The summed E-state index contributed by atoms with van der Waals surface area (Å²) in [6.45, 7) is 6.32. The molecule has 0 aliphatic heterocycles. The molecule has 1 N–H and O–H groups in total. The molecule has 0 saturated heterocycles. The van der Waals surface area contributed by atoms with Crippen LogP contribution in [0.15, 0.2) is 0 Å². The predicted molar refractivity (Wildman–Crippen MR) is 63.3 cm³/mol. The molecule has 1 saturated carbocycles. The Morgan fingerprint density at radius 1 is 1.40 bits per heavy atom. The standard InChI is InChI=1S/C11H23NO2S/c1-4-8-15(13,14)12-10-6-5-7-11(2,3)9-10/h10,12H,4-9H2,1-3H3. The summed E-state index contributed by atoms with van der Waals surface area (Å²) < 4.78 is 26.0. The monoisotopic (exact) mass is 233 g/mol. The van der Waals surface area contributed by atoms with Crippen LogP contribution in [0, 0.1) is 5.41 Å². The summed E-state index contributed by atoms with van der Waals surface area (Å²) in [5, 5.41) is 0. The van der Waals surface area contributed by atoms with E-state index in [-0.39, 0.29) is 17.2 Å². The largest absolute Gasteiger partial charge is 0.212 e. The van der Waals surface area contributed by atoms with E-state index < -0.39 is 10.0 Å². The van der Waals surface area contributed by atoms with Crippen molar-refractivity contribution in [3.05, 3.63) is 0 Å². The molecule has 1 fully saturated rings. The highest BCUT2D eigenvalue weighted by molar-refractivity contribution is 7.89. The molecule has 15 heavy (non-hydrogen) atoms. The summed E-state index contributed by atoms with van der Waals surface area (Å²) in [4.78, 5) is 0. The molecule has 0 radical (unpaired) electrons. The van der Waals surface area contributed by atoms with Crippen LogP contribution in [0.4, 0.5) is 0 Å². The average Bonchev–Trinajstić information content (AvgIpc) is 1.99. The molecule has 0 bridgehead atoms. The van der Waals surface area contributed by atoms with E-state index in [9.17, 15) is 8.42 Å². The van der Waals surface area contributed by atoms with Crippen LogP contribution >= 0.6 is 0 Å². The lowest BCUT2D eigenvalue weighted by atomic mass is 9.75. The van der Waals surface area contributed by atoms with Crippen molar-refractivity contribution in [2.45, 2.75) is 58.9 Å². The predicted octanol–water partition coefficient (Wildman–Crippen LogP) is 2.28. The van der Waals surface area contributed by atoms with Crippen LogP contribution in [0.1, 0.15) is 52.9 Å². The van der Waals surface area contributed by atoms with Gasteiger partial charge in [-0.05, 0) is 31.1 Å². The first-order chi connectivity index (χ1) is 6.85. The van der Waals surface area contributed by atoms with Gasteiger partial charge in [-0.25, -0.2) is 13.1 Å². The minimum Gasteiger partial charge on any atom is -0.212 e. The van der Waals surface area contributed by atoms with E-state index in [4.69, 9.17) is 0 Å². The Bertz CT molecular complexity index is 296. The van der Waals surface area contributed by atoms with Gasteiger partial charge in [-0.15, -0.1) is 0 Å². The van der Waals surface area contributed by atoms with Crippen LogP contribution in [-0.4, -0.2) is 20.2 Å². The second-order valence-electron chi connectivity index (χ2n) is 5.39. The van der Waals surface area contributed by atoms with Gasteiger partial charge in [0.1, 0.15) is 0 Å². The van der Waals surface area contributed by atoms with E-state index in [1.165, 1.54) is 6.42 Å². The summed E-state index contributed by atoms with van der Waals surface area (Å²) in [5.41, 5.74) is 0.289. The number of nitrogens with one attached hydrogen (secondary N) is 1. The number of rotatable bonds is 4. The van der Waals surface area contributed by atoms with E-state index in [2.05, 4.69) is 18.6 Å². The molecule has 1 atom stereocenters. The molecular weight excluding hydrogens is 210 g/mol. The van der Waals surface area contributed by atoms with Crippen molar-refractivity contribution < 1.29 is 8.42 Å². The average molecular weight is 233 g/mol. The first-order valence-corrected chi connectivity index (χ1v) is 7.50. The molecule has 0 heterocycles. The minimum absolute atomic E-state index is 0.158. The third-order valence-corrected chi connectivity index (χ3v) is 4.66. The molecule has 1 aliphatic carbocycles. The summed E-state index contributed by atoms with van der Waals surface area (Å²) in [5.74, 6) is 0.254. The second-order valence-corrected chi connectivity index (χ2v) is 7.27. The highest BCUT2D eigenvalue weighted by atomic mass is 32.2. The van der Waals surface area contributed by atoms with E-state index in [1.807, 2.05) is 6.92 Å². The molecule has 0 spiro atoms. The maximum atomic E-state index is 11.6. The van der Waals surface area contributed by atoms with Crippen LogP contribution in [0.25, 0.3) is 0 Å². The van der Waals surface area contributed by atoms with Gasteiger partial charge in [0.25, 0.3) is 0 Å². The van der Waals surface area contributed by atoms with E-state index in [0.717, 1.165) is 19.3 Å². The normalized spacial score (nSPS) is 26.5. The van der Waals surface area contributed by atoms with Crippen molar-refractivity contribution in [2.75, 3.05) is 5.75 Å². The zero-order chi connectivity index (χ0) is 11.5. The second kappa shape index (κ2) is 4.83. The van der Waals surface area contributed by atoms with Crippen molar-refractivity contribution in [1.29, 1.82) is 0 Å². The third kappa shape index (κ3) is 4.51. The SMILES string of the molecule is CCCS(=O)(=O)NC1CCCC(C)(C)C1. The first-order valence-electron chi connectivity index (χ1n) is 5.85. The Balaban J connectivity index is 2.52. The van der Waals surface area contributed by atoms with Gasteiger partial charge in [-0.1, -0.05) is 27.2 Å². The van der Waals surface area contributed by atoms with Crippen LogP contribution < -0.4 is 4.72 Å². The third-order valence-electron chi connectivity index (χ3n) is 3.02. The van der Waals surface area contributed by atoms with Gasteiger partial charge < -0.3 is 0 Å². The highest BCUT2D eigenvalue weighted by Gasteiger charge is 2.29. The van der Waals surface area contributed by atoms with Crippen molar-refractivity contribution >= 4 is 10.0 Å². The Hall–Kier alpha value is -0.0900. The lowest BCUT2D eigenvalue weighted by Crippen LogP contribution is -2.41. The van der Waals surface area contributed by atoms with Gasteiger partial charge in [0.05, 0.1) is 5.75 Å². The van der Waals surface area contributed by atoms with Gasteiger partial charge in [0.2, 0.25) is 10.0 Å². The molecule has 1 unspecified atom stereocenters. The maximum absolute atomic E-state index is 11.6. The Labute approximate surface area is 93.7 Å². The topological polar surface area (TPSA) is 46.2 Å². The molecule has 3 nitrogen and oxygen atoms in total. The number of sulfonamides is 1. The van der Waals surface area contributed by atoms with Gasteiger partial charge in [-0.2, -0.15) is 0 Å². The lowest BCUT2D eigenvalue weighted by Gasteiger charge is -2.35. The van der Waals surface area contributed by atoms with Crippen LogP contribution in [0.5, 0.6) is 0 Å². The molecule has 4 heteroatoms. The molecular formula is C11H23NO2S. The Morgan fingerprint density at radius 3 is 2.60 bits per heavy atom. The van der Waals surface area contributed by atoms with Crippen LogP contribution in [-0.2, 0) is 10.0 Å². The van der Waals surface area contributed by atoms with Crippen molar-refractivity contribution in [1.82, 2.24) is 4.72 Å². The Kier molecular flexibility index (Phi) is 4.18. The van der Waals surface area contributed by atoms with Crippen molar-refractivity contribution in [3.8, 4) is 0 Å². The van der Waals surface area contributed by atoms with Crippen LogP contribution in [0.3, 0.4) is 0 Å². The lowest BCUT2D eigenvalue weighted by molar-refractivity contribution is 0.212. The first kappa shape index (κ1) is 13.0. The van der Waals surface area contributed by atoms with E-state index in [1.54, 1.807) is 0 Å². The Morgan fingerprint density at radius 2 is 2.07 bits per heavy atom. The molecule has 0 aromatic carbocycles. The zero-order valence-electron chi connectivity index (χ0n) is 10.0. The smallest absolute Gasteiger partial charge is 0.211 e. The fourth-order valence-corrected chi connectivity index (χ4v) is 3.74. The zero-order valence-corrected chi connectivity index (χ0v) is 10.9. The van der Waals surface area contributed by atoms with E-state index >= 15 is 0 Å². The fraction of sp³-hybridized carbons (Fsp3) is 1.00. The number of hydrogen-bond donors (Lipinski definition) is 1.